The molecule has 2 N–H and O–H groups in total. The number of benzene rings is 1. The van der Waals surface area contributed by atoms with Crippen LogP contribution >= 0.6 is 11.8 Å². The molecule has 148 valence electrons. The predicted molar refractivity (Wildman–Crippen MR) is 106 cm³/mol. The number of halogens is 1. The molecular weight excluding hydrogens is 367 g/mol. The van der Waals surface area contributed by atoms with Gasteiger partial charge in [0.15, 0.2) is 0 Å². The molecule has 2 heterocycles. The van der Waals surface area contributed by atoms with Gasteiger partial charge in [-0.25, -0.2) is 4.39 Å². The Hall–Kier alpha value is -1.60. The Morgan fingerprint density at radius 3 is 2.93 bits per heavy atom. The Bertz CT molecular complexity index is 762. The first-order valence-electron chi connectivity index (χ1n) is 9.17. The van der Waals surface area contributed by atoms with Crippen LogP contribution in [0.3, 0.4) is 0 Å². The lowest BCUT2D eigenvalue weighted by Crippen LogP contribution is -2.51. The summed E-state index contributed by atoms with van der Waals surface area (Å²) >= 11 is 1.55. The highest BCUT2D eigenvalue weighted by atomic mass is 32.2. The van der Waals surface area contributed by atoms with E-state index in [4.69, 9.17) is 20.2 Å². The molecule has 7 heteroatoms. The number of hydrogen-bond donors (Lipinski definition) is 1. The van der Waals surface area contributed by atoms with Gasteiger partial charge in [-0.05, 0) is 44.9 Å². The zero-order valence-corrected chi connectivity index (χ0v) is 17.1. The number of hydrogen-bond acceptors (Lipinski definition) is 6. The summed E-state index contributed by atoms with van der Waals surface area (Å²) in [6.45, 7) is 8.48. The average molecular weight is 395 g/mol. The predicted octanol–water partition coefficient (Wildman–Crippen LogP) is 3.76. The van der Waals surface area contributed by atoms with Crippen LogP contribution in [0.4, 0.5) is 10.1 Å². The van der Waals surface area contributed by atoms with Crippen molar-refractivity contribution in [3.63, 3.8) is 0 Å². The second-order valence-corrected chi connectivity index (χ2v) is 9.44. The van der Waals surface area contributed by atoms with Gasteiger partial charge in [0.05, 0.1) is 18.1 Å². The van der Waals surface area contributed by atoms with Crippen LogP contribution in [0.1, 0.15) is 39.7 Å². The lowest BCUT2D eigenvalue weighted by atomic mass is 9.72. The molecule has 0 amide bonds. The lowest BCUT2D eigenvalue weighted by molar-refractivity contribution is -0.153. The topological polar surface area (TPSA) is 73.9 Å². The molecule has 27 heavy (non-hydrogen) atoms. The maximum atomic E-state index is 14.8. The van der Waals surface area contributed by atoms with E-state index in [9.17, 15) is 9.18 Å². The summed E-state index contributed by atoms with van der Waals surface area (Å²) in [6, 6.07) is 4.56. The van der Waals surface area contributed by atoms with Crippen LogP contribution in [0, 0.1) is 17.7 Å². The number of nitrogens with two attached hydrogens (primary N) is 1. The van der Waals surface area contributed by atoms with Crippen LogP contribution < -0.4 is 5.73 Å². The van der Waals surface area contributed by atoms with Crippen molar-refractivity contribution >= 4 is 28.5 Å². The van der Waals surface area contributed by atoms with E-state index in [1.54, 1.807) is 23.9 Å². The molecule has 1 fully saturated rings. The molecule has 3 atom stereocenters. The van der Waals surface area contributed by atoms with Gasteiger partial charge in [0.1, 0.15) is 17.0 Å². The van der Waals surface area contributed by atoms with Gasteiger partial charge in [0.25, 0.3) is 0 Å². The van der Waals surface area contributed by atoms with Gasteiger partial charge in [0, 0.05) is 29.5 Å². The van der Waals surface area contributed by atoms with Crippen molar-refractivity contribution in [3.8, 4) is 0 Å². The van der Waals surface area contributed by atoms with Gasteiger partial charge in [0.2, 0.25) is 0 Å². The van der Waals surface area contributed by atoms with E-state index in [1.807, 2.05) is 20.8 Å². The smallest absolute Gasteiger partial charge is 0.312 e. The number of carbonyl (C=O) groups is 1. The number of aliphatic imine (C=N–C) groups is 1. The maximum absolute atomic E-state index is 14.8. The molecule has 5 nitrogen and oxygen atoms in total. The molecule has 0 aromatic heterocycles. The third-order valence-electron chi connectivity index (χ3n) is 4.93. The molecule has 0 aliphatic carbocycles. The summed E-state index contributed by atoms with van der Waals surface area (Å²) in [4.78, 5) is 17.2. The summed E-state index contributed by atoms with van der Waals surface area (Å²) in [5.74, 6) is 0.397. The molecule has 0 spiro atoms. The van der Waals surface area contributed by atoms with Gasteiger partial charge in [-0.2, -0.15) is 0 Å². The van der Waals surface area contributed by atoms with Crippen LogP contribution in [0.15, 0.2) is 23.2 Å². The highest BCUT2D eigenvalue weighted by Gasteiger charge is 2.50. The Balaban J connectivity index is 1.99. The van der Waals surface area contributed by atoms with Gasteiger partial charge >= 0.3 is 5.97 Å². The van der Waals surface area contributed by atoms with Gasteiger partial charge < -0.3 is 15.2 Å². The molecule has 2 aliphatic rings. The number of nitrogens with zero attached hydrogens (tertiary/aromatic N) is 1. The molecule has 1 aromatic carbocycles. The molecule has 3 rings (SSSR count). The summed E-state index contributed by atoms with van der Waals surface area (Å²) in [5.41, 5.74) is 5.45. The van der Waals surface area contributed by atoms with Crippen LogP contribution in [0.25, 0.3) is 0 Å². The molecule has 0 saturated carbocycles. The highest BCUT2D eigenvalue weighted by Crippen LogP contribution is 2.48. The van der Waals surface area contributed by atoms with Crippen LogP contribution in [0.5, 0.6) is 0 Å². The maximum Gasteiger partial charge on any atom is 0.312 e. The van der Waals surface area contributed by atoms with E-state index in [2.05, 4.69) is 6.92 Å². The minimum absolute atomic E-state index is 0.0781. The standard InChI is InChI=1S/C20H27FN2O3S/c1-12-9-25-11-20(14-7-13(22)5-6-16(14)21)15(12)10-27-17(23-20)8-18(24)26-19(2,3)4/h5-7,12,15H,8-11,22H2,1-4H3/t12-,15+,20+/m0/s1. The Kier molecular flexibility index (Phi) is 5.54. The Morgan fingerprint density at radius 2 is 2.22 bits per heavy atom. The zero-order chi connectivity index (χ0) is 19.8. The van der Waals surface area contributed by atoms with Crippen molar-refractivity contribution in [2.45, 2.75) is 45.3 Å². The van der Waals surface area contributed by atoms with E-state index in [1.165, 1.54) is 6.07 Å². The van der Waals surface area contributed by atoms with Crippen molar-refractivity contribution in [1.82, 2.24) is 0 Å². The molecule has 0 unspecified atom stereocenters. The molecule has 2 aliphatic heterocycles. The van der Waals surface area contributed by atoms with E-state index in [0.717, 1.165) is 5.75 Å². The summed E-state index contributed by atoms with van der Waals surface area (Å²) < 4.78 is 26.0. The fraction of sp³-hybridized carbons (Fsp3) is 0.600. The van der Waals surface area contributed by atoms with E-state index in [0.29, 0.717) is 22.9 Å². The number of thioether (sulfide) groups is 1. The summed E-state index contributed by atoms with van der Waals surface area (Å²) in [6.07, 6.45) is 0.0781. The molecule has 0 radical (unpaired) electrons. The Labute approximate surface area is 163 Å². The molecule has 0 bridgehead atoms. The molecule has 1 aromatic rings. The van der Waals surface area contributed by atoms with Crippen LogP contribution in [-0.2, 0) is 19.8 Å². The minimum Gasteiger partial charge on any atom is -0.460 e. The minimum atomic E-state index is -0.861. The van der Waals surface area contributed by atoms with Crippen molar-refractivity contribution in [3.05, 3.63) is 29.6 Å². The van der Waals surface area contributed by atoms with Gasteiger partial charge in [-0.1, -0.05) is 6.92 Å². The second-order valence-electron chi connectivity index (χ2n) is 8.34. The van der Waals surface area contributed by atoms with Gasteiger partial charge in [-0.15, -0.1) is 11.8 Å². The third-order valence-corrected chi connectivity index (χ3v) is 6.02. The fourth-order valence-electron chi connectivity index (χ4n) is 3.76. The van der Waals surface area contributed by atoms with Crippen molar-refractivity contribution in [2.24, 2.45) is 16.8 Å². The molecule has 1 saturated heterocycles. The first-order valence-corrected chi connectivity index (χ1v) is 10.2. The largest absolute Gasteiger partial charge is 0.460 e. The SMILES string of the molecule is C[C@H]1COC[C@]2(c3cc(N)ccc3F)N=C(CC(=O)OC(C)(C)C)SC[C@H]12. The van der Waals surface area contributed by atoms with E-state index < -0.39 is 11.1 Å². The lowest BCUT2D eigenvalue weighted by Gasteiger charge is -2.47. The third kappa shape index (κ3) is 4.29. The average Bonchev–Trinajstić information content (AvgIpc) is 2.55. The number of nitrogen functional groups attached to an aromatic ring is 1. The molecular formula is C20H27FN2O3S. The zero-order valence-electron chi connectivity index (χ0n) is 16.3. The highest BCUT2D eigenvalue weighted by molar-refractivity contribution is 8.14. The number of ether oxygens (including phenoxy) is 2. The monoisotopic (exact) mass is 394 g/mol. The van der Waals surface area contributed by atoms with Crippen molar-refractivity contribution in [1.29, 1.82) is 0 Å². The quantitative estimate of drug-likeness (QED) is 0.624. The normalized spacial score (nSPS) is 28.3. The van der Waals surface area contributed by atoms with Crippen LogP contribution in [0.2, 0.25) is 0 Å². The first kappa shape index (κ1) is 20.1. The van der Waals surface area contributed by atoms with Crippen molar-refractivity contribution in [2.75, 3.05) is 24.7 Å². The van der Waals surface area contributed by atoms with Gasteiger partial charge in [-0.3, -0.25) is 9.79 Å². The Morgan fingerprint density at radius 1 is 1.48 bits per heavy atom. The number of rotatable bonds is 3. The summed E-state index contributed by atoms with van der Waals surface area (Å²) in [5, 5.41) is 0.653. The summed E-state index contributed by atoms with van der Waals surface area (Å²) in [7, 11) is 0. The van der Waals surface area contributed by atoms with Crippen molar-refractivity contribution < 1.29 is 18.7 Å². The fourth-order valence-corrected chi connectivity index (χ4v) is 5.18. The number of fused-ring (bicyclic) bond motifs is 1. The van der Waals surface area contributed by atoms with E-state index >= 15 is 0 Å². The number of anilines is 1. The second kappa shape index (κ2) is 7.43. The van der Waals surface area contributed by atoms with E-state index in [-0.39, 0.29) is 36.7 Å². The first-order chi connectivity index (χ1) is 12.6. The number of carbonyl (C=O) groups excluding carboxylic acids is 1. The van der Waals surface area contributed by atoms with Crippen LogP contribution in [-0.4, -0.2) is 35.6 Å². The number of esters is 1.